The minimum atomic E-state index is 0.176. The third kappa shape index (κ3) is 2.71. The van der Waals surface area contributed by atoms with Crippen molar-refractivity contribution in [2.24, 2.45) is 0 Å². The third-order valence-corrected chi connectivity index (χ3v) is 6.16. The highest BCUT2D eigenvalue weighted by Gasteiger charge is 2.31. The Bertz CT molecular complexity index is 1080. The van der Waals surface area contributed by atoms with Gasteiger partial charge in [-0.1, -0.05) is 47.5 Å². The summed E-state index contributed by atoms with van der Waals surface area (Å²) in [5.41, 5.74) is 5.06. The molecule has 0 aliphatic carbocycles. The molecule has 1 aliphatic heterocycles. The fourth-order valence-corrected chi connectivity index (χ4v) is 4.27. The molecule has 0 spiro atoms. The predicted molar refractivity (Wildman–Crippen MR) is 109 cm³/mol. The minimum Gasteiger partial charge on any atom is -0.495 e. The van der Waals surface area contributed by atoms with Crippen LogP contribution in [0.1, 0.15) is 34.5 Å². The van der Waals surface area contributed by atoms with Crippen molar-refractivity contribution in [1.29, 1.82) is 0 Å². The number of ether oxygens (including phenoxy) is 1. The van der Waals surface area contributed by atoms with Gasteiger partial charge in [0.25, 0.3) is 0 Å². The van der Waals surface area contributed by atoms with Gasteiger partial charge in [-0.3, -0.25) is 9.69 Å². The summed E-state index contributed by atoms with van der Waals surface area (Å²) in [6.45, 7) is 2.89. The highest BCUT2D eigenvalue weighted by Crippen LogP contribution is 2.46. The van der Waals surface area contributed by atoms with Gasteiger partial charge in [-0.25, -0.2) is 4.98 Å². The Morgan fingerprint density at radius 1 is 1.26 bits per heavy atom. The second-order valence-electron chi connectivity index (χ2n) is 6.75. The van der Waals surface area contributed by atoms with Crippen molar-refractivity contribution in [3.05, 3.63) is 57.1 Å². The molecule has 0 unspecified atom stereocenters. The van der Waals surface area contributed by atoms with Crippen LogP contribution in [0.15, 0.2) is 30.3 Å². The quantitative estimate of drug-likeness (QED) is 0.541. The number of nitrogens with zero attached hydrogens (tertiary/aromatic N) is 2. The molecule has 2 aromatic carbocycles. The Hall–Kier alpha value is -2.14. The van der Waals surface area contributed by atoms with Crippen molar-refractivity contribution in [1.82, 2.24) is 9.88 Å². The molecule has 6 heteroatoms. The Balaban J connectivity index is 2.15. The van der Waals surface area contributed by atoms with Gasteiger partial charge < -0.3 is 4.74 Å². The van der Waals surface area contributed by atoms with Gasteiger partial charge >= 0.3 is 0 Å². The number of hydrogen-bond acceptors (Lipinski definition) is 4. The van der Waals surface area contributed by atoms with Crippen LogP contribution < -0.4 is 4.74 Å². The van der Waals surface area contributed by atoms with Crippen molar-refractivity contribution < 1.29 is 9.53 Å². The summed E-state index contributed by atoms with van der Waals surface area (Å²) in [7, 11) is 3.64. The van der Waals surface area contributed by atoms with Crippen molar-refractivity contribution in [2.45, 2.75) is 19.5 Å². The molecule has 1 aliphatic rings. The summed E-state index contributed by atoms with van der Waals surface area (Å²) in [5.74, 6) is 0.529. The number of rotatable bonds is 3. The van der Waals surface area contributed by atoms with E-state index >= 15 is 0 Å². The maximum atomic E-state index is 11.6. The first kappa shape index (κ1) is 18.2. The maximum Gasteiger partial charge on any atom is 0.150 e. The molecule has 0 N–H and O–H groups in total. The van der Waals surface area contributed by atoms with Gasteiger partial charge in [-0.05, 0) is 31.2 Å². The van der Waals surface area contributed by atoms with Gasteiger partial charge in [0.2, 0.25) is 0 Å². The SMILES string of the molecule is COc1cc2c3c(c(-c4ccccc4C=O)nc2c(Cl)c1Cl)CN(C)[C@H]3C. The lowest BCUT2D eigenvalue weighted by atomic mass is 9.94. The van der Waals surface area contributed by atoms with E-state index in [0.717, 1.165) is 40.6 Å². The van der Waals surface area contributed by atoms with E-state index < -0.39 is 0 Å². The number of halogens is 2. The van der Waals surface area contributed by atoms with E-state index in [9.17, 15) is 4.79 Å². The van der Waals surface area contributed by atoms with Gasteiger partial charge in [0.05, 0.1) is 23.3 Å². The largest absolute Gasteiger partial charge is 0.495 e. The van der Waals surface area contributed by atoms with Crippen molar-refractivity contribution in [2.75, 3.05) is 14.2 Å². The normalized spacial score (nSPS) is 16.6. The molecule has 1 atom stereocenters. The van der Waals surface area contributed by atoms with Crippen LogP contribution in [0.3, 0.4) is 0 Å². The number of benzene rings is 2. The van der Waals surface area contributed by atoms with Crippen molar-refractivity contribution in [3.63, 3.8) is 0 Å². The van der Waals surface area contributed by atoms with Gasteiger partial charge in [-0.15, -0.1) is 0 Å². The van der Waals surface area contributed by atoms with Crippen molar-refractivity contribution in [3.8, 4) is 17.0 Å². The Morgan fingerprint density at radius 2 is 2.00 bits per heavy atom. The van der Waals surface area contributed by atoms with Crippen LogP contribution >= 0.6 is 23.2 Å². The lowest BCUT2D eigenvalue weighted by Gasteiger charge is -2.18. The number of fused-ring (bicyclic) bond motifs is 3. The van der Waals surface area contributed by atoms with Crippen LogP contribution in [0.25, 0.3) is 22.2 Å². The average molecular weight is 401 g/mol. The number of methoxy groups -OCH3 is 1. The van der Waals surface area contributed by atoms with Crippen LogP contribution in [-0.2, 0) is 6.54 Å². The number of aromatic nitrogens is 1. The van der Waals surface area contributed by atoms with E-state index in [0.29, 0.717) is 26.9 Å². The van der Waals surface area contributed by atoms with E-state index in [-0.39, 0.29) is 6.04 Å². The molecular weight excluding hydrogens is 383 g/mol. The lowest BCUT2D eigenvalue weighted by molar-refractivity contribution is 0.112. The van der Waals surface area contributed by atoms with Crippen LogP contribution in [-0.4, -0.2) is 30.3 Å². The monoisotopic (exact) mass is 400 g/mol. The fourth-order valence-electron chi connectivity index (χ4n) is 3.81. The zero-order chi connectivity index (χ0) is 19.3. The maximum absolute atomic E-state index is 11.6. The molecular formula is C21H18Cl2N2O2. The zero-order valence-corrected chi connectivity index (χ0v) is 16.7. The van der Waals surface area contributed by atoms with E-state index in [4.69, 9.17) is 32.9 Å². The summed E-state index contributed by atoms with van der Waals surface area (Å²) in [4.78, 5) is 18.7. The van der Waals surface area contributed by atoms with Gasteiger partial charge in [-0.2, -0.15) is 0 Å². The molecule has 2 heterocycles. The predicted octanol–water partition coefficient (Wildman–Crippen LogP) is 5.54. The summed E-state index contributed by atoms with van der Waals surface area (Å²) >= 11 is 13.0. The molecule has 0 radical (unpaired) electrons. The molecule has 0 amide bonds. The van der Waals surface area contributed by atoms with Gasteiger partial charge in [0.1, 0.15) is 10.8 Å². The summed E-state index contributed by atoms with van der Waals surface area (Å²) < 4.78 is 5.40. The smallest absolute Gasteiger partial charge is 0.150 e. The second-order valence-corrected chi connectivity index (χ2v) is 7.51. The molecule has 1 aromatic heterocycles. The zero-order valence-electron chi connectivity index (χ0n) is 15.2. The number of carbonyl (C=O) groups is 1. The van der Waals surface area contributed by atoms with E-state index in [1.807, 2.05) is 24.3 Å². The summed E-state index contributed by atoms with van der Waals surface area (Å²) in [5, 5.41) is 1.63. The third-order valence-electron chi connectivity index (χ3n) is 5.32. The first-order valence-electron chi connectivity index (χ1n) is 8.61. The second kappa shape index (κ2) is 6.79. The van der Waals surface area contributed by atoms with E-state index in [1.54, 1.807) is 13.2 Å². The molecule has 0 fully saturated rings. The van der Waals surface area contributed by atoms with Crippen LogP contribution in [0.5, 0.6) is 5.75 Å². The molecule has 27 heavy (non-hydrogen) atoms. The Kier molecular flexibility index (Phi) is 4.58. The van der Waals surface area contributed by atoms with Crippen LogP contribution in [0, 0.1) is 0 Å². The summed E-state index contributed by atoms with van der Waals surface area (Å²) in [6, 6.07) is 9.55. The lowest BCUT2D eigenvalue weighted by Crippen LogP contribution is -2.13. The number of aldehydes is 1. The Labute approximate surface area is 167 Å². The Morgan fingerprint density at radius 3 is 2.70 bits per heavy atom. The number of pyridine rings is 1. The summed E-state index contributed by atoms with van der Waals surface area (Å²) in [6.07, 6.45) is 0.859. The molecule has 138 valence electrons. The molecule has 0 bridgehead atoms. The highest BCUT2D eigenvalue weighted by molar-refractivity contribution is 6.46. The van der Waals surface area contributed by atoms with Crippen molar-refractivity contribution >= 4 is 40.4 Å². The van der Waals surface area contributed by atoms with Crippen LogP contribution in [0.2, 0.25) is 10.0 Å². The topological polar surface area (TPSA) is 42.4 Å². The fraction of sp³-hybridized carbons (Fsp3) is 0.238. The average Bonchev–Trinajstić information content (AvgIpc) is 2.99. The van der Waals surface area contributed by atoms with Gasteiger partial charge in [0, 0.05) is 29.1 Å². The standard InChI is InChI=1S/C21H18Cl2N2O2/c1-11-17-14-8-16(27-3)18(22)19(23)21(14)24-20(15(17)9-25(11)2)13-7-5-4-6-12(13)10-26/h4-8,10-11H,9H2,1-3H3/t11-/m0/s1. The van der Waals surface area contributed by atoms with E-state index in [1.165, 1.54) is 0 Å². The first-order chi connectivity index (χ1) is 13.0. The first-order valence-corrected chi connectivity index (χ1v) is 9.36. The highest BCUT2D eigenvalue weighted by atomic mass is 35.5. The molecule has 4 rings (SSSR count). The number of carbonyl (C=O) groups excluding carboxylic acids is 1. The van der Waals surface area contributed by atoms with Crippen LogP contribution in [0.4, 0.5) is 0 Å². The van der Waals surface area contributed by atoms with Gasteiger partial charge in [0.15, 0.2) is 6.29 Å². The molecule has 0 saturated carbocycles. The van der Waals surface area contributed by atoms with E-state index in [2.05, 4.69) is 18.9 Å². The molecule has 4 nitrogen and oxygen atoms in total. The number of hydrogen-bond donors (Lipinski definition) is 0. The minimum absolute atomic E-state index is 0.176. The molecule has 0 saturated heterocycles. The molecule has 3 aromatic rings.